The molecule has 5 nitrogen and oxygen atoms in total. The maximum absolute atomic E-state index is 12.3. The molecule has 0 saturated carbocycles. The van der Waals surface area contributed by atoms with Gasteiger partial charge in [0.1, 0.15) is 0 Å². The topological polar surface area (TPSA) is 75.4 Å². The highest BCUT2D eigenvalue weighted by atomic mass is 16.2. The van der Waals surface area contributed by atoms with Gasteiger partial charge in [-0.3, -0.25) is 9.59 Å². The number of nitrogens with two attached hydrogens (primary N) is 1. The quantitative estimate of drug-likeness (QED) is 0.772. The molecule has 0 fully saturated rings. The van der Waals surface area contributed by atoms with Gasteiger partial charge < -0.3 is 16.0 Å². The minimum Gasteiger partial charge on any atom is -0.348 e. The summed E-state index contributed by atoms with van der Waals surface area (Å²) in [5, 5.41) is 2.95. The zero-order valence-electron chi connectivity index (χ0n) is 14.6. The Morgan fingerprint density at radius 3 is 2.04 bits per heavy atom. The van der Waals surface area contributed by atoms with Gasteiger partial charge in [0, 0.05) is 36.8 Å². The number of hydrogen-bond donors (Lipinski definition) is 2. The van der Waals surface area contributed by atoms with E-state index in [1.165, 1.54) is 0 Å². The molecular weight excluding hydrogens is 290 g/mol. The Hall–Kier alpha value is -1.88. The summed E-state index contributed by atoms with van der Waals surface area (Å²) in [4.78, 5) is 26.3. The van der Waals surface area contributed by atoms with Crippen molar-refractivity contribution in [1.29, 1.82) is 0 Å². The molecule has 0 heterocycles. The summed E-state index contributed by atoms with van der Waals surface area (Å²) < 4.78 is 0. The molecule has 5 heteroatoms. The monoisotopic (exact) mass is 319 g/mol. The van der Waals surface area contributed by atoms with E-state index >= 15 is 0 Å². The first kappa shape index (κ1) is 19.2. The van der Waals surface area contributed by atoms with Crippen molar-refractivity contribution in [2.45, 2.75) is 40.2 Å². The zero-order chi connectivity index (χ0) is 17.4. The molecule has 1 aromatic rings. The first-order valence-corrected chi connectivity index (χ1v) is 8.33. The van der Waals surface area contributed by atoms with Crippen molar-refractivity contribution in [2.75, 3.05) is 19.6 Å². The van der Waals surface area contributed by atoms with Gasteiger partial charge in [-0.15, -0.1) is 0 Å². The van der Waals surface area contributed by atoms with E-state index in [1.54, 1.807) is 29.2 Å². The highest BCUT2D eigenvalue weighted by Gasteiger charge is 2.16. The van der Waals surface area contributed by atoms with Gasteiger partial charge in [-0.05, 0) is 50.5 Å². The van der Waals surface area contributed by atoms with Crippen molar-refractivity contribution in [3.63, 3.8) is 0 Å². The Labute approximate surface area is 139 Å². The predicted octanol–water partition coefficient (Wildman–Crippen LogP) is 2.27. The van der Waals surface area contributed by atoms with Crippen LogP contribution in [-0.4, -0.2) is 42.4 Å². The van der Waals surface area contributed by atoms with Gasteiger partial charge in [-0.1, -0.05) is 13.8 Å². The Morgan fingerprint density at radius 2 is 1.61 bits per heavy atom. The van der Waals surface area contributed by atoms with Crippen LogP contribution in [0.25, 0.3) is 0 Å². The number of carbonyl (C=O) groups is 2. The van der Waals surface area contributed by atoms with Crippen LogP contribution in [-0.2, 0) is 0 Å². The Bertz CT molecular complexity index is 508. The molecule has 1 aromatic carbocycles. The van der Waals surface area contributed by atoms with Crippen molar-refractivity contribution >= 4 is 11.8 Å². The molecule has 0 bridgehead atoms. The predicted molar refractivity (Wildman–Crippen MR) is 93.5 cm³/mol. The van der Waals surface area contributed by atoms with Crippen LogP contribution in [0, 0.1) is 5.92 Å². The normalized spacial score (nSPS) is 12.1. The fourth-order valence-corrected chi connectivity index (χ4v) is 2.51. The van der Waals surface area contributed by atoms with Gasteiger partial charge in [-0.2, -0.15) is 0 Å². The molecule has 1 unspecified atom stereocenters. The molecule has 23 heavy (non-hydrogen) atoms. The van der Waals surface area contributed by atoms with Crippen LogP contribution in [0.5, 0.6) is 0 Å². The van der Waals surface area contributed by atoms with Gasteiger partial charge in [0.25, 0.3) is 11.8 Å². The molecule has 1 atom stereocenters. The smallest absolute Gasteiger partial charge is 0.253 e. The average Bonchev–Trinajstić information content (AvgIpc) is 2.54. The fourth-order valence-electron chi connectivity index (χ4n) is 2.51. The van der Waals surface area contributed by atoms with Crippen LogP contribution in [0.2, 0.25) is 0 Å². The third-order valence-electron chi connectivity index (χ3n) is 3.82. The van der Waals surface area contributed by atoms with Crippen LogP contribution >= 0.6 is 0 Å². The first-order chi connectivity index (χ1) is 10.9. The lowest BCUT2D eigenvalue weighted by Gasteiger charge is -2.20. The van der Waals surface area contributed by atoms with E-state index in [-0.39, 0.29) is 17.9 Å². The molecular formula is C18H29N3O2. The minimum atomic E-state index is -0.150. The molecule has 0 aromatic heterocycles. The Kier molecular flexibility index (Phi) is 7.75. The van der Waals surface area contributed by atoms with E-state index in [0.29, 0.717) is 36.7 Å². The third-order valence-corrected chi connectivity index (χ3v) is 3.82. The van der Waals surface area contributed by atoms with Gasteiger partial charge in [0.05, 0.1) is 0 Å². The van der Waals surface area contributed by atoms with Gasteiger partial charge in [0.2, 0.25) is 0 Å². The fraction of sp³-hybridized carbons (Fsp3) is 0.556. The summed E-state index contributed by atoms with van der Waals surface area (Å²) in [5.41, 5.74) is 6.85. The summed E-state index contributed by atoms with van der Waals surface area (Å²) in [6.07, 6.45) is 0.848. The van der Waals surface area contributed by atoms with Gasteiger partial charge in [0.15, 0.2) is 0 Å². The average molecular weight is 319 g/mol. The molecule has 2 amide bonds. The van der Waals surface area contributed by atoms with E-state index in [1.807, 2.05) is 13.8 Å². The van der Waals surface area contributed by atoms with E-state index < -0.39 is 0 Å². The SMILES string of the molecule is CCN(CC)C(=O)c1ccc(C(=O)NC(CN)CC(C)C)cc1. The molecule has 0 aliphatic carbocycles. The highest BCUT2D eigenvalue weighted by Crippen LogP contribution is 2.09. The van der Waals surface area contributed by atoms with E-state index in [2.05, 4.69) is 19.2 Å². The summed E-state index contributed by atoms with van der Waals surface area (Å²) in [7, 11) is 0. The van der Waals surface area contributed by atoms with Crippen molar-refractivity contribution in [3.05, 3.63) is 35.4 Å². The number of benzene rings is 1. The van der Waals surface area contributed by atoms with Gasteiger partial charge in [-0.25, -0.2) is 0 Å². The molecule has 0 saturated heterocycles. The van der Waals surface area contributed by atoms with Crippen molar-refractivity contribution in [3.8, 4) is 0 Å². The maximum Gasteiger partial charge on any atom is 0.253 e. The molecule has 128 valence electrons. The van der Waals surface area contributed by atoms with E-state index in [4.69, 9.17) is 5.73 Å². The molecule has 0 radical (unpaired) electrons. The van der Waals surface area contributed by atoms with Gasteiger partial charge >= 0.3 is 0 Å². The number of nitrogens with one attached hydrogen (secondary N) is 1. The molecule has 0 spiro atoms. The van der Waals surface area contributed by atoms with Crippen LogP contribution < -0.4 is 11.1 Å². The van der Waals surface area contributed by atoms with Crippen LogP contribution in [0.4, 0.5) is 0 Å². The van der Waals surface area contributed by atoms with Crippen molar-refractivity contribution < 1.29 is 9.59 Å². The lowest BCUT2D eigenvalue weighted by molar-refractivity contribution is 0.0772. The second kappa shape index (κ2) is 9.30. The third kappa shape index (κ3) is 5.67. The number of carbonyl (C=O) groups excluding carboxylic acids is 2. The standard InChI is InChI=1S/C18H29N3O2/c1-5-21(6-2)18(23)15-9-7-14(8-10-15)17(22)20-16(12-19)11-13(3)4/h7-10,13,16H,5-6,11-12,19H2,1-4H3,(H,20,22). The molecule has 3 N–H and O–H groups in total. The number of nitrogens with zero attached hydrogens (tertiary/aromatic N) is 1. The second-order valence-corrected chi connectivity index (χ2v) is 6.09. The van der Waals surface area contributed by atoms with E-state index in [9.17, 15) is 9.59 Å². The molecule has 0 aliphatic rings. The van der Waals surface area contributed by atoms with Crippen LogP contribution in [0.3, 0.4) is 0 Å². The Balaban J connectivity index is 2.75. The Morgan fingerprint density at radius 1 is 1.09 bits per heavy atom. The minimum absolute atomic E-state index is 0.0124. The molecule has 0 aliphatic heterocycles. The summed E-state index contributed by atoms with van der Waals surface area (Å²) in [5.74, 6) is 0.308. The molecule has 1 rings (SSSR count). The number of rotatable bonds is 8. The van der Waals surface area contributed by atoms with E-state index in [0.717, 1.165) is 6.42 Å². The van der Waals surface area contributed by atoms with Crippen molar-refractivity contribution in [1.82, 2.24) is 10.2 Å². The number of hydrogen-bond acceptors (Lipinski definition) is 3. The summed E-state index contributed by atoms with van der Waals surface area (Å²) in [6.45, 7) is 9.86. The summed E-state index contributed by atoms with van der Waals surface area (Å²) in [6, 6.07) is 6.76. The maximum atomic E-state index is 12.3. The van der Waals surface area contributed by atoms with Crippen molar-refractivity contribution in [2.24, 2.45) is 11.7 Å². The first-order valence-electron chi connectivity index (χ1n) is 8.33. The van der Waals surface area contributed by atoms with Crippen LogP contribution in [0.15, 0.2) is 24.3 Å². The number of amides is 2. The second-order valence-electron chi connectivity index (χ2n) is 6.09. The zero-order valence-corrected chi connectivity index (χ0v) is 14.6. The lowest BCUT2D eigenvalue weighted by Crippen LogP contribution is -2.41. The lowest BCUT2D eigenvalue weighted by atomic mass is 10.0. The van der Waals surface area contributed by atoms with Crippen LogP contribution in [0.1, 0.15) is 54.8 Å². The summed E-state index contributed by atoms with van der Waals surface area (Å²) >= 11 is 0. The highest BCUT2D eigenvalue weighted by molar-refractivity contribution is 5.97. The largest absolute Gasteiger partial charge is 0.348 e.